The molecule has 1 N–H and O–H groups in total. The van der Waals surface area contributed by atoms with Gasteiger partial charge in [-0.05, 0) is 18.4 Å². The van der Waals surface area contributed by atoms with E-state index in [-0.39, 0.29) is 35.9 Å². The number of hydrogen-bond acceptors (Lipinski definition) is 6. The van der Waals surface area contributed by atoms with Gasteiger partial charge in [0.15, 0.2) is 5.79 Å². The van der Waals surface area contributed by atoms with Crippen LogP contribution in [0.15, 0.2) is 54.6 Å². The number of aliphatic hydroxyl groups is 1. The summed E-state index contributed by atoms with van der Waals surface area (Å²) in [5.41, 5.74) is 0.781. The fraction of sp³-hybridized carbons (Fsp3) is 0.630. The molecule has 1 saturated heterocycles. The highest BCUT2D eigenvalue weighted by Gasteiger charge is 2.74. The molecule has 1 aromatic rings. The van der Waals surface area contributed by atoms with Gasteiger partial charge in [0.2, 0.25) is 5.79 Å². The molecule has 182 valence electrons. The minimum atomic E-state index is -1.40. The van der Waals surface area contributed by atoms with Crippen LogP contribution in [0.2, 0.25) is 0 Å². The van der Waals surface area contributed by atoms with E-state index in [0.717, 1.165) is 11.1 Å². The third-order valence-corrected chi connectivity index (χ3v) is 8.05. The zero-order valence-electron chi connectivity index (χ0n) is 20.6. The maximum atomic E-state index is 11.8. The van der Waals surface area contributed by atoms with E-state index in [1.54, 1.807) is 27.4 Å². The summed E-state index contributed by atoms with van der Waals surface area (Å²) in [5.74, 6) is -2.70. The van der Waals surface area contributed by atoms with Crippen LogP contribution < -0.4 is 0 Å². The molecule has 6 heteroatoms. The Bertz CT molecular complexity index is 878. The van der Waals surface area contributed by atoms with Gasteiger partial charge in [-0.2, -0.15) is 0 Å². The quantitative estimate of drug-likeness (QED) is 0.444. The summed E-state index contributed by atoms with van der Waals surface area (Å²) >= 11 is 0. The first-order valence-electron chi connectivity index (χ1n) is 11.8. The molecule has 1 aliphatic heterocycles. The Morgan fingerprint density at radius 1 is 1.15 bits per heavy atom. The smallest absolute Gasteiger partial charge is 0.210 e. The molecule has 1 heterocycles. The molecular formula is C27H38O6. The lowest BCUT2D eigenvalue weighted by Crippen LogP contribution is -2.73. The van der Waals surface area contributed by atoms with Crippen molar-refractivity contribution >= 4 is 0 Å². The molecule has 1 saturated carbocycles. The van der Waals surface area contributed by atoms with Crippen molar-refractivity contribution in [3.8, 4) is 0 Å². The summed E-state index contributed by atoms with van der Waals surface area (Å²) in [4.78, 5) is 0. The van der Waals surface area contributed by atoms with Gasteiger partial charge in [0.25, 0.3) is 0 Å². The fourth-order valence-electron chi connectivity index (χ4n) is 6.64. The van der Waals surface area contributed by atoms with E-state index in [2.05, 4.69) is 38.6 Å². The van der Waals surface area contributed by atoms with E-state index in [1.165, 1.54) is 0 Å². The predicted molar refractivity (Wildman–Crippen MR) is 125 cm³/mol. The lowest BCUT2D eigenvalue weighted by molar-refractivity contribution is -0.364. The average molecular weight is 459 g/mol. The first-order valence-corrected chi connectivity index (χ1v) is 11.8. The summed E-state index contributed by atoms with van der Waals surface area (Å²) in [7, 11) is 4.82. The van der Waals surface area contributed by atoms with Gasteiger partial charge in [0.1, 0.15) is 11.7 Å². The molecule has 0 aromatic heterocycles. The Balaban J connectivity index is 1.70. The minimum Gasteiger partial charge on any atom is -0.379 e. The monoisotopic (exact) mass is 458 g/mol. The summed E-state index contributed by atoms with van der Waals surface area (Å²) in [6.07, 6.45) is 3.74. The van der Waals surface area contributed by atoms with Crippen LogP contribution in [0.1, 0.15) is 32.8 Å². The normalized spacial score (nSPS) is 37.6. The van der Waals surface area contributed by atoms with Gasteiger partial charge in [0, 0.05) is 39.6 Å². The fourth-order valence-corrected chi connectivity index (χ4v) is 6.64. The van der Waals surface area contributed by atoms with Gasteiger partial charge in [-0.25, -0.2) is 0 Å². The first-order chi connectivity index (χ1) is 15.7. The maximum Gasteiger partial charge on any atom is 0.210 e. The second-order valence-corrected chi connectivity index (χ2v) is 9.95. The highest BCUT2D eigenvalue weighted by Crippen LogP contribution is 2.63. The molecular weight excluding hydrogens is 420 g/mol. The Hall–Kier alpha value is -1.54. The van der Waals surface area contributed by atoms with Crippen LogP contribution in [0.5, 0.6) is 0 Å². The number of hydrogen-bond donors (Lipinski definition) is 1. The van der Waals surface area contributed by atoms with Crippen molar-refractivity contribution in [1.82, 2.24) is 0 Å². The predicted octanol–water partition coefficient (Wildman–Crippen LogP) is 4.09. The van der Waals surface area contributed by atoms with Crippen LogP contribution in [0.4, 0.5) is 0 Å². The topological polar surface area (TPSA) is 66.4 Å². The zero-order chi connectivity index (χ0) is 24.0. The number of rotatable bonds is 9. The van der Waals surface area contributed by atoms with Crippen LogP contribution in [0.25, 0.3) is 0 Å². The lowest BCUT2D eigenvalue weighted by atomic mass is 9.53. The Morgan fingerprint density at radius 2 is 1.82 bits per heavy atom. The molecule has 7 atom stereocenters. The van der Waals surface area contributed by atoms with E-state index in [4.69, 9.17) is 23.7 Å². The third-order valence-electron chi connectivity index (χ3n) is 8.05. The van der Waals surface area contributed by atoms with E-state index in [1.807, 2.05) is 25.1 Å². The standard InChI is InChI=1S/C27H38O6/c1-8-25(28)21-14-18(4)22(27(25,30-6)31-7)23-20(21)15-26(29-5,33-23)24(17(2)3)32-16-19-12-10-9-11-13-19/h8-14,17,20-24,28H,1,15-16H2,2-7H3/t20-,21+,22-,23-,24-,25-,26+/m1/s1. The number of methoxy groups -OCH3 is 3. The summed E-state index contributed by atoms with van der Waals surface area (Å²) in [6.45, 7) is 10.7. The second kappa shape index (κ2) is 8.91. The first kappa shape index (κ1) is 24.6. The molecule has 2 fully saturated rings. The van der Waals surface area contributed by atoms with Crippen molar-refractivity contribution in [3.63, 3.8) is 0 Å². The molecule has 5 rings (SSSR count). The van der Waals surface area contributed by atoms with Crippen LogP contribution in [-0.4, -0.2) is 55.8 Å². The number of ether oxygens (including phenoxy) is 5. The molecule has 33 heavy (non-hydrogen) atoms. The molecule has 4 aliphatic rings. The van der Waals surface area contributed by atoms with Crippen molar-refractivity contribution in [2.24, 2.45) is 23.7 Å². The molecule has 1 aromatic carbocycles. The van der Waals surface area contributed by atoms with Crippen molar-refractivity contribution in [2.75, 3.05) is 21.3 Å². The summed E-state index contributed by atoms with van der Waals surface area (Å²) in [6, 6.07) is 10.1. The zero-order valence-corrected chi connectivity index (χ0v) is 20.6. The largest absolute Gasteiger partial charge is 0.379 e. The van der Waals surface area contributed by atoms with Gasteiger partial charge >= 0.3 is 0 Å². The van der Waals surface area contributed by atoms with E-state index < -0.39 is 17.2 Å². The third kappa shape index (κ3) is 3.46. The summed E-state index contributed by atoms with van der Waals surface area (Å²) < 4.78 is 31.3. The van der Waals surface area contributed by atoms with Crippen LogP contribution in [-0.2, 0) is 30.3 Å². The van der Waals surface area contributed by atoms with Gasteiger partial charge < -0.3 is 28.8 Å². The van der Waals surface area contributed by atoms with Crippen LogP contribution in [0, 0.1) is 23.7 Å². The molecule has 3 aliphatic carbocycles. The minimum absolute atomic E-state index is 0.00153. The second-order valence-electron chi connectivity index (χ2n) is 9.95. The maximum absolute atomic E-state index is 11.8. The van der Waals surface area contributed by atoms with Gasteiger partial charge in [0.05, 0.1) is 18.6 Å². The van der Waals surface area contributed by atoms with Crippen molar-refractivity contribution < 1.29 is 28.8 Å². The van der Waals surface area contributed by atoms with E-state index >= 15 is 0 Å². The summed E-state index contributed by atoms with van der Waals surface area (Å²) in [5, 5.41) is 11.8. The molecule has 0 amide bonds. The van der Waals surface area contributed by atoms with Crippen LogP contribution >= 0.6 is 0 Å². The Morgan fingerprint density at radius 3 is 2.36 bits per heavy atom. The highest BCUT2D eigenvalue weighted by atomic mass is 16.7. The molecule has 0 radical (unpaired) electrons. The average Bonchev–Trinajstić information content (AvgIpc) is 3.21. The Labute approximate surface area is 197 Å². The van der Waals surface area contributed by atoms with Crippen molar-refractivity contribution in [1.29, 1.82) is 0 Å². The molecule has 0 unspecified atom stereocenters. The molecule has 0 spiro atoms. The van der Waals surface area contributed by atoms with E-state index in [0.29, 0.717) is 13.0 Å². The molecule has 6 nitrogen and oxygen atoms in total. The van der Waals surface area contributed by atoms with Crippen LogP contribution in [0.3, 0.4) is 0 Å². The lowest BCUT2D eigenvalue weighted by Gasteiger charge is -2.61. The van der Waals surface area contributed by atoms with E-state index in [9.17, 15) is 5.11 Å². The van der Waals surface area contributed by atoms with Gasteiger partial charge in [-0.3, -0.25) is 0 Å². The number of benzene rings is 1. The SMILES string of the molecule is C=C[C@@]1(O)[C@H]2C=C(C)[C@H]([C@@H]3O[C@](OC)([C@H](OCc4ccccc4)C(C)C)C[C@@H]32)C1(OC)OC. The highest BCUT2D eigenvalue weighted by molar-refractivity contribution is 5.36. The van der Waals surface area contributed by atoms with Crippen molar-refractivity contribution in [3.05, 3.63) is 60.2 Å². The Kier molecular flexibility index (Phi) is 6.64. The number of fused-ring (bicyclic) bond motifs is 1. The van der Waals surface area contributed by atoms with Gasteiger partial charge in [-0.1, -0.05) is 61.9 Å². The molecule has 2 bridgehead atoms. The van der Waals surface area contributed by atoms with Crippen molar-refractivity contribution in [2.45, 2.75) is 63.2 Å². The van der Waals surface area contributed by atoms with Gasteiger partial charge in [-0.15, -0.1) is 6.58 Å².